The van der Waals surface area contributed by atoms with Crippen molar-refractivity contribution < 1.29 is 4.74 Å². The second-order valence-electron chi connectivity index (χ2n) is 4.91. The third kappa shape index (κ3) is 3.69. The quantitative estimate of drug-likeness (QED) is 0.540. The predicted molar refractivity (Wildman–Crippen MR) is 91.8 cm³/mol. The first kappa shape index (κ1) is 15.1. The number of thioether (sulfide) groups is 1. The Morgan fingerprint density at radius 1 is 1.27 bits per heavy atom. The van der Waals surface area contributed by atoms with Crippen LogP contribution in [0.5, 0.6) is 5.75 Å². The molecule has 0 spiro atoms. The summed E-state index contributed by atoms with van der Waals surface area (Å²) < 4.78 is 5.83. The largest absolute Gasteiger partial charge is 0.492 e. The summed E-state index contributed by atoms with van der Waals surface area (Å²) in [5.74, 6) is 2.59. The van der Waals surface area contributed by atoms with Gasteiger partial charge >= 0.3 is 0 Å². The summed E-state index contributed by atoms with van der Waals surface area (Å²) in [6.45, 7) is 4.77. The van der Waals surface area contributed by atoms with Crippen molar-refractivity contribution in [1.29, 1.82) is 0 Å². The summed E-state index contributed by atoms with van der Waals surface area (Å²) in [6, 6.07) is 10.3. The molecule has 2 aromatic heterocycles. The highest BCUT2D eigenvalue weighted by Crippen LogP contribution is 2.23. The molecule has 1 N–H and O–H groups in total. The van der Waals surface area contributed by atoms with E-state index in [9.17, 15) is 0 Å². The fraction of sp³-hybridized carbons (Fsp3) is 0.250. The van der Waals surface area contributed by atoms with Crippen LogP contribution in [0.2, 0.25) is 0 Å². The van der Waals surface area contributed by atoms with Crippen LogP contribution < -0.4 is 4.74 Å². The van der Waals surface area contributed by atoms with E-state index in [1.54, 1.807) is 23.1 Å². The first-order valence-electron chi connectivity index (χ1n) is 7.01. The zero-order valence-corrected chi connectivity index (χ0v) is 14.1. The van der Waals surface area contributed by atoms with Gasteiger partial charge in [0, 0.05) is 5.75 Å². The summed E-state index contributed by atoms with van der Waals surface area (Å²) in [4.78, 5) is 5.58. The number of ether oxygens (including phenoxy) is 1. The minimum Gasteiger partial charge on any atom is -0.492 e. The SMILES string of the molecule is Cc1ccc(C)c(OCCSc2n[nH]c(-c3cccs3)n2)c1. The second kappa shape index (κ2) is 6.98. The number of rotatable bonds is 6. The van der Waals surface area contributed by atoms with Gasteiger partial charge in [-0.25, -0.2) is 4.98 Å². The Morgan fingerprint density at radius 3 is 3.00 bits per heavy atom. The minimum absolute atomic E-state index is 0.637. The molecule has 0 unspecified atom stereocenters. The average molecular weight is 331 g/mol. The highest BCUT2D eigenvalue weighted by molar-refractivity contribution is 7.99. The topological polar surface area (TPSA) is 50.8 Å². The van der Waals surface area contributed by atoms with E-state index in [0.717, 1.165) is 32.9 Å². The van der Waals surface area contributed by atoms with Gasteiger partial charge < -0.3 is 4.74 Å². The monoisotopic (exact) mass is 331 g/mol. The van der Waals surface area contributed by atoms with Crippen molar-refractivity contribution in [1.82, 2.24) is 15.2 Å². The van der Waals surface area contributed by atoms with Crippen LogP contribution in [0.3, 0.4) is 0 Å². The van der Waals surface area contributed by atoms with Gasteiger partial charge in [0.15, 0.2) is 5.82 Å². The molecular weight excluding hydrogens is 314 g/mol. The molecule has 3 rings (SSSR count). The zero-order valence-electron chi connectivity index (χ0n) is 12.5. The van der Waals surface area contributed by atoms with Crippen molar-refractivity contribution in [3.8, 4) is 16.5 Å². The molecule has 0 saturated carbocycles. The van der Waals surface area contributed by atoms with Crippen molar-refractivity contribution in [3.63, 3.8) is 0 Å². The molecule has 0 amide bonds. The van der Waals surface area contributed by atoms with E-state index >= 15 is 0 Å². The van der Waals surface area contributed by atoms with E-state index in [-0.39, 0.29) is 0 Å². The summed E-state index contributed by atoms with van der Waals surface area (Å²) in [6.07, 6.45) is 0. The average Bonchev–Trinajstić information content (AvgIpc) is 3.17. The summed E-state index contributed by atoms with van der Waals surface area (Å²) in [5, 5.41) is 9.99. The van der Waals surface area contributed by atoms with E-state index < -0.39 is 0 Å². The van der Waals surface area contributed by atoms with Crippen LogP contribution in [-0.4, -0.2) is 27.5 Å². The molecule has 1 aromatic carbocycles. The first-order valence-corrected chi connectivity index (χ1v) is 8.88. The van der Waals surface area contributed by atoms with Gasteiger partial charge in [-0.15, -0.1) is 16.4 Å². The van der Waals surface area contributed by atoms with Crippen LogP contribution in [0.1, 0.15) is 11.1 Å². The molecule has 22 heavy (non-hydrogen) atoms. The maximum Gasteiger partial charge on any atom is 0.208 e. The molecule has 6 heteroatoms. The Labute approximate surface area is 137 Å². The van der Waals surface area contributed by atoms with Crippen LogP contribution in [0.25, 0.3) is 10.7 Å². The highest BCUT2D eigenvalue weighted by Gasteiger charge is 2.07. The Kier molecular flexibility index (Phi) is 4.80. The van der Waals surface area contributed by atoms with Gasteiger partial charge in [0.25, 0.3) is 0 Å². The smallest absolute Gasteiger partial charge is 0.208 e. The van der Waals surface area contributed by atoms with Gasteiger partial charge in [0.2, 0.25) is 5.16 Å². The number of hydrogen-bond donors (Lipinski definition) is 1. The van der Waals surface area contributed by atoms with E-state index in [0.29, 0.717) is 6.61 Å². The van der Waals surface area contributed by atoms with Crippen LogP contribution >= 0.6 is 23.1 Å². The fourth-order valence-corrected chi connectivity index (χ4v) is 3.26. The normalized spacial score (nSPS) is 10.8. The molecule has 0 fully saturated rings. The molecule has 0 aliphatic carbocycles. The molecule has 0 aliphatic heterocycles. The van der Waals surface area contributed by atoms with Gasteiger partial charge in [0.1, 0.15) is 5.75 Å². The number of H-pyrrole nitrogens is 1. The van der Waals surface area contributed by atoms with Crippen molar-refractivity contribution in [3.05, 3.63) is 46.8 Å². The molecular formula is C16H17N3OS2. The van der Waals surface area contributed by atoms with E-state index in [1.807, 2.05) is 17.5 Å². The van der Waals surface area contributed by atoms with E-state index in [2.05, 4.69) is 47.2 Å². The minimum atomic E-state index is 0.637. The van der Waals surface area contributed by atoms with Crippen molar-refractivity contribution in [2.75, 3.05) is 12.4 Å². The third-order valence-corrected chi connectivity index (χ3v) is 4.82. The number of thiophene rings is 1. The molecule has 0 radical (unpaired) electrons. The second-order valence-corrected chi connectivity index (χ2v) is 6.92. The molecule has 114 valence electrons. The lowest BCUT2D eigenvalue weighted by atomic mass is 10.1. The molecule has 0 atom stereocenters. The van der Waals surface area contributed by atoms with Crippen LogP contribution in [0, 0.1) is 13.8 Å². The lowest BCUT2D eigenvalue weighted by Gasteiger charge is -2.09. The van der Waals surface area contributed by atoms with Crippen LogP contribution in [0.15, 0.2) is 40.9 Å². The zero-order chi connectivity index (χ0) is 15.4. The van der Waals surface area contributed by atoms with Crippen LogP contribution in [-0.2, 0) is 0 Å². The molecule has 3 aromatic rings. The number of benzene rings is 1. The lowest BCUT2D eigenvalue weighted by molar-refractivity contribution is 0.341. The maximum absolute atomic E-state index is 5.83. The Balaban J connectivity index is 1.50. The van der Waals surface area contributed by atoms with Crippen molar-refractivity contribution in [2.24, 2.45) is 0 Å². The van der Waals surface area contributed by atoms with Gasteiger partial charge in [-0.1, -0.05) is 30.0 Å². The number of hydrogen-bond acceptors (Lipinski definition) is 5. The standard InChI is InChI=1S/C16H17N3OS2/c1-11-5-6-12(2)13(10-11)20-7-9-22-16-17-15(18-19-16)14-4-3-8-21-14/h3-6,8,10H,7,9H2,1-2H3,(H,17,18,19). The molecule has 0 saturated heterocycles. The first-order chi connectivity index (χ1) is 10.7. The molecule has 2 heterocycles. The summed E-state index contributed by atoms with van der Waals surface area (Å²) in [5.41, 5.74) is 2.37. The molecule has 0 aliphatic rings. The van der Waals surface area contributed by atoms with Crippen molar-refractivity contribution >= 4 is 23.1 Å². The van der Waals surface area contributed by atoms with Gasteiger partial charge in [-0.05, 0) is 42.5 Å². The Morgan fingerprint density at radius 2 is 2.18 bits per heavy atom. The Bertz CT molecular complexity index is 738. The highest BCUT2D eigenvalue weighted by atomic mass is 32.2. The van der Waals surface area contributed by atoms with E-state index in [4.69, 9.17) is 4.74 Å². The molecule has 4 nitrogen and oxygen atoms in total. The number of nitrogens with zero attached hydrogens (tertiary/aromatic N) is 2. The fourth-order valence-electron chi connectivity index (χ4n) is 1.98. The molecule has 0 bridgehead atoms. The van der Waals surface area contributed by atoms with Crippen LogP contribution in [0.4, 0.5) is 0 Å². The van der Waals surface area contributed by atoms with Gasteiger partial charge in [-0.2, -0.15) is 0 Å². The number of aromatic amines is 1. The summed E-state index contributed by atoms with van der Waals surface area (Å²) >= 11 is 3.24. The number of aryl methyl sites for hydroxylation is 2. The summed E-state index contributed by atoms with van der Waals surface area (Å²) in [7, 11) is 0. The predicted octanol–water partition coefficient (Wildman–Crippen LogP) is 4.32. The number of aromatic nitrogens is 3. The van der Waals surface area contributed by atoms with Crippen molar-refractivity contribution in [2.45, 2.75) is 19.0 Å². The van der Waals surface area contributed by atoms with E-state index in [1.165, 1.54) is 5.56 Å². The van der Waals surface area contributed by atoms with Gasteiger partial charge in [0.05, 0.1) is 11.5 Å². The van der Waals surface area contributed by atoms with Gasteiger partial charge in [-0.3, -0.25) is 5.10 Å². The maximum atomic E-state index is 5.83. The Hall–Kier alpha value is -1.79. The number of nitrogens with one attached hydrogen (secondary N) is 1. The third-order valence-electron chi connectivity index (χ3n) is 3.14. The lowest BCUT2D eigenvalue weighted by Crippen LogP contribution is -2.02.